The summed E-state index contributed by atoms with van der Waals surface area (Å²) in [5.41, 5.74) is 5.77. The van der Waals surface area contributed by atoms with Gasteiger partial charge < -0.3 is 4.90 Å². The predicted octanol–water partition coefficient (Wildman–Crippen LogP) is 2.44. The molecule has 4 nitrogen and oxygen atoms in total. The first-order valence-corrected chi connectivity index (χ1v) is 7.34. The molecule has 0 aromatic carbocycles. The Morgan fingerprint density at radius 3 is 2.33 bits per heavy atom. The van der Waals surface area contributed by atoms with Gasteiger partial charge in [-0.1, -0.05) is 27.7 Å². The van der Waals surface area contributed by atoms with Gasteiger partial charge in [0.25, 0.3) is 0 Å². The predicted molar refractivity (Wildman–Crippen MR) is 78.2 cm³/mol. The maximum Gasteiger partial charge on any atom is 0.129 e. The van der Waals surface area contributed by atoms with E-state index in [-0.39, 0.29) is 0 Å². The highest BCUT2D eigenvalue weighted by molar-refractivity contribution is 5.84. The molecule has 1 aliphatic rings. The van der Waals surface area contributed by atoms with E-state index in [9.17, 15) is 0 Å². The molecule has 2 N–H and O–H groups in total. The van der Waals surface area contributed by atoms with Gasteiger partial charge in [-0.2, -0.15) is 5.10 Å². The van der Waals surface area contributed by atoms with Crippen LogP contribution in [-0.4, -0.2) is 30.9 Å². The van der Waals surface area contributed by atoms with Crippen LogP contribution >= 0.6 is 0 Å². The summed E-state index contributed by atoms with van der Waals surface area (Å²) in [6.07, 6.45) is 3.73. The highest BCUT2D eigenvalue weighted by atomic mass is 15.6. The van der Waals surface area contributed by atoms with E-state index in [1.807, 2.05) is 7.05 Å². The van der Waals surface area contributed by atoms with Crippen LogP contribution in [0.15, 0.2) is 5.10 Å². The Balaban J connectivity index is 2.60. The van der Waals surface area contributed by atoms with Gasteiger partial charge in [0.2, 0.25) is 0 Å². The SMILES string of the molecule is CCC(C)/C(=N\NNC)N1CCC(C(C)C)CC1. The van der Waals surface area contributed by atoms with Crippen LogP contribution in [0, 0.1) is 17.8 Å². The molecule has 106 valence electrons. The molecule has 0 bridgehead atoms. The topological polar surface area (TPSA) is 39.7 Å². The van der Waals surface area contributed by atoms with Crippen molar-refractivity contribution in [3.63, 3.8) is 0 Å². The molecule has 0 aromatic rings. The van der Waals surface area contributed by atoms with Gasteiger partial charge >= 0.3 is 0 Å². The Morgan fingerprint density at radius 2 is 1.89 bits per heavy atom. The number of likely N-dealkylation sites (tertiary alicyclic amines) is 1. The summed E-state index contributed by atoms with van der Waals surface area (Å²) in [5, 5.41) is 4.49. The molecule has 0 radical (unpaired) electrons. The zero-order chi connectivity index (χ0) is 13.5. The van der Waals surface area contributed by atoms with Crippen LogP contribution in [0.2, 0.25) is 0 Å². The van der Waals surface area contributed by atoms with E-state index in [1.165, 1.54) is 18.7 Å². The summed E-state index contributed by atoms with van der Waals surface area (Å²) in [5.74, 6) is 3.42. The van der Waals surface area contributed by atoms with Crippen molar-refractivity contribution in [3.8, 4) is 0 Å². The molecule has 1 fully saturated rings. The minimum Gasteiger partial charge on any atom is -0.358 e. The zero-order valence-corrected chi connectivity index (χ0v) is 12.7. The Labute approximate surface area is 112 Å². The van der Waals surface area contributed by atoms with Gasteiger partial charge in [-0.3, -0.25) is 0 Å². The van der Waals surface area contributed by atoms with Crippen LogP contribution in [0.1, 0.15) is 47.0 Å². The number of hydrogen-bond acceptors (Lipinski definition) is 3. The molecule has 0 aliphatic carbocycles. The van der Waals surface area contributed by atoms with E-state index >= 15 is 0 Å². The van der Waals surface area contributed by atoms with Crippen LogP contribution in [0.25, 0.3) is 0 Å². The molecular weight excluding hydrogens is 224 g/mol. The first kappa shape index (κ1) is 15.3. The van der Waals surface area contributed by atoms with Crippen molar-refractivity contribution in [1.29, 1.82) is 0 Å². The lowest BCUT2D eigenvalue weighted by Crippen LogP contribution is -2.43. The molecular formula is C14H30N4. The molecule has 0 spiro atoms. The third-order valence-electron chi connectivity index (χ3n) is 4.14. The number of rotatable bonds is 5. The van der Waals surface area contributed by atoms with Crippen LogP contribution in [0.5, 0.6) is 0 Å². The van der Waals surface area contributed by atoms with Gasteiger partial charge in [0.1, 0.15) is 5.84 Å². The van der Waals surface area contributed by atoms with Crippen LogP contribution < -0.4 is 11.0 Å². The quantitative estimate of drug-likeness (QED) is 0.450. The molecule has 0 saturated carbocycles. The third kappa shape index (κ3) is 4.16. The number of piperidine rings is 1. The second-order valence-corrected chi connectivity index (χ2v) is 5.71. The van der Waals surface area contributed by atoms with Crippen molar-refractivity contribution in [2.24, 2.45) is 22.9 Å². The molecule has 1 unspecified atom stereocenters. The fourth-order valence-corrected chi connectivity index (χ4v) is 2.58. The van der Waals surface area contributed by atoms with Gasteiger partial charge in [-0.15, -0.1) is 0 Å². The van der Waals surface area contributed by atoms with E-state index < -0.39 is 0 Å². The summed E-state index contributed by atoms with van der Waals surface area (Å²) in [7, 11) is 1.85. The van der Waals surface area contributed by atoms with Crippen LogP contribution in [0.3, 0.4) is 0 Å². The number of hydrazone groups is 1. The molecule has 1 saturated heterocycles. The summed E-state index contributed by atoms with van der Waals surface area (Å²) in [6.45, 7) is 11.5. The first-order chi connectivity index (χ1) is 8.60. The molecule has 0 aromatic heterocycles. The summed E-state index contributed by atoms with van der Waals surface area (Å²) in [6, 6.07) is 0. The lowest BCUT2D eigenvalue weighted by Gasteiger charge is -2.37. The molecule has 0 amide bonds. The standard InChI is InChI=1S/C14H30N4/c1-6-12(4)14(16-17-15-5)18-9-7-13(8-10-18)11(2)3/h11-13,15,17H,6-10H2,1-5H3/b16-14+. The van der Waals surface area contributed by atoms with E-state index in [0.717, 1.165) is 31.3 Å². The average molecular weight is 254 g/mol. The summed E-state index contributed by atoms with van der Waals surface area (Å²) >= 11 is 0. The maximum absolute atomic E-state index is 4.49. The van der Waals surface area contributed by atoms with Gasteiger partial charge in [0.05, 0.1) is 0 Å². The molecule has 1 heterocycles. The normalized spacial score (nSPS) is 20.3. The third-order valence-corrected chi connectivity index (χ3v) is 4.14. The number of nitrogens with one attached hydrogen (secondary N) is 2. The Kier molecular flexibility index (Phi) is 6.47. The molecule has 1 atom stereocenters. The van der Waals surface area contributed by atoms with Gasteiger partial charge in [-0.25, -0.2) is 11.0 Å². The second-order valence-electron chi connectivity index (χ2n) is 5.71. The van der Waals surface area contributed by atoms with E-state index in [2.05, 4.69) is 48.7 Å². The molecule has 18 heavy (non-hydrogen) atoms. The van der Waals surface area contributed by atoms with Crippen LogP contribution in [0.4, 0.5) is 0 Å². The summed E-state index contributed by atoms with van der Waals surface area (Å²) in [4.78, 5) is 2.46. The maximum atomic E-state index is 4.49. The molecule has 1 rings (SSSR count). The number of hydrogen-bond donors (Lipinski definition) is 2. The van der Waals surface area contributed by atoms with E-state index in [1.54, 1.807) is 0 Å². The van der Waals surface area contributed by atoms with Crippen molar-refractivity contribution in [1.82, 2.24) is 15.9 Å². The Hall–Kier alpha value is -0.770. The highest BCUT2D eigenvalue weighted by Gasteiger charge is 2.25. The monoisotopic (exact) mass is 254 g/mol. The van der Waals surface area contributed by atoms with Crippen LogP contribution in [-0.2, 0) is 0 Å². The van der Waals surface area contributed by atoms with E-state index in [0.29, 0.717) is 5.92 Å². The molecule has 1 aliphatic heterocycles. The Bertz CT molecular complexity index is 255. The first-order valence-electron chi connectivity index (χ1n) is 7.34. The number of amidine groups is 1. The van der Waals surface area contributed by atoms with Gasteiger partial charge in [0.15, 0.2) is 0 Å². The smallest absolute Gasteiger partial charge is 0.129 e. The fourth-order valence-electron chi connectivity index (χ4n) is 2.58. The number of nitrogens with zero attached hydrogens (tertiary/aromatic N) is 2. The van der Waals surface area contributed by atoms with Gasteiger partial charge in [0, 0.05) is 26.1 Å². The fraction of sp³-hybridized carbons (Fsp3) is 0.929. The van der Waals surface area contributed by atoms with Crippen molar-refractivity contribution in [2.75, 3.05) is 20.1 Å². The van der Waals surface area contributed by atoms with Gasteiger partial charge in [-0.05, 0) is 31.1 Å². The minimum atomic E-state index is 0.515. The second kappa shape index (κ2) is 7.62. The Morgan fingerprint density at radius 1 is 1.28 bits per heavy atom. The van der Waals surface area contributed by atoms with Crippen molar-refractivity contribution < 1.29 is 0 Å². The van der Waals surface area contributed by atoms with Crippen molar-refractivity contribution in [3.05, 3.63) is 0 Å². The van der Waals surface area contributed by atoms with E-state index in [4.69, 9.17) is 0 Å². The lowest BCUT2D eigenvalue weighted by atomic mass is 9.86. The largest absolute Gasteiger partial charge is 0.358 e. The lowest BCUT2D eigenvalue weighted by molar-refractivity contribution is 0.213. The minimum absolute atomic E-state index is 0.515. The zero-order valence-electron chi connectivity index (χ0n) is 12.7. The number of hydrazine groups is 1. The van der Waals surface area contributed by atoms with Crippen molar-refractivity contribution in [2.45, 2.75) is 47.0 Å². The summed E-state index contributed by atoms with van der Waals surface area (Å²) < 4.78 is 0. The average Bonchev–Trinajstić information content (AvgIpc) is 2.39. The highest BCUT2D eigenvalue weighted by Crippen LogP contribution is 2.25. The molecule has 4 heteroatoms. The van der Waals surface area contributed by atoms with Crippen molar-refractivity contribution >= 4 is 5.84 Å².